The minimum atomic E-state index is 0.147. The maximum absolute atomic E-state index is 6.33. The second kappa shape index (κ2) is 8.13. The molecule has 1 heterocycles. The van der Waals surface area contributed by atoms with Crippen molar-refractivity contribution in [3.8, 4) is 0 Å². The van der Waals surface area contributed by atoms with Crippen LogP contribution in [0.25, 0.3) is 0 Å². The second-order valence-corrected chi connectivity index (χ2v) is 7.41. The van der Waals surface area contributed by atoms with Crippen molar-refractivity contribution >= 4 is 11.3 Å². The van der Waals surface area contributed by atoms with Crippen LogP contribution in [-0.2, 0) is 0 Å². The van der Waals surface area contributed by atoms with Gasteiger partial charge in [0.15, 0.2) is 0 Å². The monoisotopic (exact) mass is 297 g/mol. The van der Waals surface area contributed by atoms with Crippen LogP contribution in [0, 0.1) is 12.8 Å². The van der Waals surface area contributed by atoms with Crippen molar-refractivity contribution < 1.29 is 0 Å². The van der Waals surface area contributed by atoms with Gasteiger partial charge in [-0.05, 0) is 50.9 Å². The quantitative estimate of drug-likeness (QED) is 0.801. The molecule has 116 valence electrons. The summed E-state index contributed by atoms with van der Waals surface area (Å²) in [6.45, 7) is 12.1. The summed E-state index contributed by atoms with van der Waals surface area (Å²) >= 11 is 1.84. The molecule has 1 aromatic rings. The highest BCUT2D eigenvalue weighted by atomic mass is 32.1. The van der Waals surface area contributed by atoms with Gasteiger partial charge >= 0.3 is 0 Å². The zero-order valence-electron chi connectivity index (χ0n) is 13.9. The van der Waals surface area contributed by atoms with E-state index in [-0.39, 0.29) is 6.04 Å². The van der Waals surface area contributed by atoms with Crippen LogP contribution in [0.3, 0.4) is 0 Å². The highest BCUT2D eigenvalue weighted by molar-refractivity contribution is 7.10. The molecular weight excluding hydrogens is 266 g/mol. The number of rotatable bonds is 8. The summed E-state index contributed by atoms with van der Waals surface area (Å²) in [4.78, 5) is 6.24. The average molecular weight is 298 g/mol. The van der Waals surface area contributed by atoms with E-state index in [1.807, 2.05) is 11.3 Å². The van der Waals surface area contributed by atoms with Crippen LogP contribution in [-0.4, -0.2) is 49.6 Å². The molecule has 0 spiro atoms. The first kappa shape index (κ1) is 17.6. The van der Waals surface area contributed by atoms with Gasteiger partial charge in [0.2, 0.25) is 0 Å². The lowest BCUT2D eigenvalue weighted by atomic mass is 10.0. The Kier molecular flexibility index (Phi) is 7.17. The Labute approximate surface area is 128 Å². The maximum Gasteiger partial charge on any atom is 0.0593 e. The molecular formula is C16H31N3S. The van der Waals surface area contributed by atoms with Crippen LogP contribution in [0.1, 0.15) is 37.3 Å². The number of hydrogen-bond donors (Lipinski definition) is 1. The first-order valence-electron chi connectivity index (χ1n) is 7.51. The van der Waals surface area contributed by atoms with E-state index in [1.165, 1.54) is 10.4 Å². The third kappa shape index (κ3) is 5.17. The van der Waals surface area contributed by atoms with E-state index in [2.05, 4.69) is 63.0 Å². The van der Waals surface area contributed by atoms with Gasteiger partial charge in [-0.1, -0.05) is 13.8 Å². The van der Waals surface area contributed by atoms with E-state index in [9.17, 15) is 0 Å². The van der Waals surface area contributed by atoms with Crippen molar-refractivity contribution in [2.45, 2.75) is 39.8 Å². The van der Waals surface area contributed by atoms with Crippen molar-refractivity contribution in [1.29, 1.82) is 0 Å². The van der Waals surface area contributed by atoms with Gasteiger partial charge in [-0.2, -0.15) is 0 Å². The van der Waals surface area contributed by atoms with E-state index in [1.54, 1.807) is 0 Å². The van der Waals surface area contributed by atoms with Gasteiger partial charge in [0.1, 0.15) is 0 Å². The SMILES string of the molecule is Cc1ccsc1C(C(C)N)N(CCN(C)C)CC(C)C. The van der Waals surface area contributed by atoms with Gasteiger partial charge in [0.25, 0.3) is 0 Å². The molecule has 0 amide bonds. The number of nitrogens with zero attached hydrogens (tertiary/aromatic N) is 2. The summed E-state index contributed by atoms with van der Waals surface area (Å²) in [5, 5.41) is 2.18. The van der Waals surface area contributed by atoms with Crippen LogP contribution in [0.5, 0.6) is 0 Å². The molecule has 0 fully saturated rings. The third-order valence-corrected chi connectivity index (χ3v) is 4.59. The Hall–Kier alpha value is -0.420. The summed E-state index contributed by atoms with van der Waals surface area (Å²) in [6, 6.07) is 2.68. The summed E-state index contributed by atoms with van der Waals surface area (Å²) in [7, 11) is 4.26. The van der Waals surface area contributed by atoms with E-state index < -0.39 is 0 Å². The Balaban J connectivity index is 2.95. The Bertz CT molecular complexity index is 385. The maximum atomic E-state index is 6.33. The van der Waals surface area contributed by atoms with E-state index in [4.69, 9.17) is 5.73 Å². The van der Waals surface area contributed by atoms with Crippen LogP contribution in [0.4, 0.5) is 0 Å². The lowest BCUT2D eigenvalue weighted by Crippen LogP contribution is -2.44. The fraction of sp³-hybridized carbons (Fsp3) is 0.750. The van der Waals surface area contributed by atoms with Gasteiger partial charge in [-0.25, -0.2) is 0 Å². The summed E-state index contributed by atoms with van der Waals surface area (Å²) in [6.07, 6.45) is 0. The van der Waals surface area contributed by atoms with Crippen molar-refractivity contribution in [2.24, 2.45) is 11.7 Å². The number of aryl methyl sites for hydroxylation is 1. The van der Waals surface area contributed by atoms with Crippen molar-refractivity contribution in [1.82, 2.24) is 9.80 Å². The van der Waals surface area contributed by atoms with Gasteiger partial charge in [-0.15, -0.1) is 11.3 Å². The fourth-order valence-corrected chi connectivity index (χ4v) is 3.74. The lowest BCUT2D eigenvalue weighted by Gasteiger charge is -2.36. The van der Waals surface area contributed by atoms with Gasteiger partial charge in [0, 0.05) is 30.6 Å². The van der Waals surface area contributed by atoms with E-state index in [0.717, 1.165) is 19.6 Å². The predicted molar refractivity (Wildman–Crippen MR) is 90.4 cm³/mol. The van der Waals surface area contributed by atoms with Crippen LogP contribution < -0.4 is 5.73 Å². The molecule has 0 aromatic carbocycles. The minimum Gasteiger partial charge on any atom is -0.326 e. The van der Waals surface area contributed by atoms with Gasteiger partial charge in [-0.3, -0.25) is 4.90 Å². The predicted octanol–water partition coefficient (Wildman–Crippen LogP) is 2.96. The molecule has 2 N–H and O–H groups in total. The molecule has 4 heteroatoms. The average Bonchev–Trinajstić information content (AvgIpc) is 2.71. The molecule has 0 bridgehead atoms. The molecule has 0 aliphatic rings. The molecule has 1 aromatic heterocycles. The van der Waals surface area contributed by atoms with Crippen molar-refractivity contribution in [3.63, 3.8) is 0 Å². The molecule has 20 heavy (non-hydrogen) atoms. The fourth-order valence-electron chi connectivity index (χ4n) is 2.57. The van der Waals surface area contributed by atoms with Crippen LogP contribution in [0.2, 0.25) is 0 Å². The van der Waals surface area contributed by atoms with Crippen molar-refractivity contribution in [3.05, 3.63) is 21.9 Å². The standard InChI is InChI=1S/C16H31N3S/c1-12(2)11-19(9-8-18(5)6)15(14(4)17)16-13(3)7-10-20-16/h7,10,12,14-15H,8-9,11,17H2,1-6H3. The molecule has 1 rings (SSSR count). The molecule has 0 aliphatic carbocycles. The molecule has 0 saturated heterocycles. The third-order valence-electron chi connectivity index (χ3n) is 3.50. The summed E-state index contributed by atoms with van der Waals surface area (Å²) in [5.74, 6) is 0.652. The molecule has 2 atom stereocenters. The van der Waals surface area contributed by atoms with Gasteiger partial charge in [0.05, 0.1) is 6.04 Å². The second-order valence-electron chi connectivity index (χ2n) is 6.46. The van der Waals surface area contributed by atoms with Crippen LogP contribution in [0.15, 0.2) is 11.4 Å². The largest absolute Gasteiger partial charge is 0.326 e. The normalized spacial score (nSPS) is 15.3. The van der Waals surface area contributed by atoms with E-state index in [0.29, 0.717) is 12.0 Å². The summed E-state index contributed by atoms with van der Waals surface area (Å²) in [5.41, 5.74) is 7.70. The zero-order valence-corrected chi connectivity index (χ0v) is 14.7. The van der Waals surface area contributed by atoms with Gasteiger partial charge < -0.3 is 10.6 Å². The number of likely N-dealkylation sites (N-methyl/N-ethyl adjacent to an activating group) is 1. The highest BCUT2D eigenvalue weighted by Crippen LogP contribution is 2.31. The topological polar surface area (TPSA) is 32.5 Å². The Morgan fingerprint density at radius 1 is 1.20 bits per heavy atom. The van der Waals surface area contributed by atoms with E-state index >= 15 is 0 Å². The molecule has 3 nitrogen and oxygen atoms in total. The Morgan fingerprint density at radius 3 is 2.25 bits per heavy atom. The number of hydrogen-bond acceptors (Lipinski definition) is 4. The molecule has 2 unspecified atom stereocenters. The highest BCUT2D eigenvalue weighted by Gasteiger charge is 2.26. The molecule has 0 saturated carbocycles. The molecule has 0 aliphatic heterocycles. The first-order valence-corrected chi connectivity index (χ1v) is 8.39. The molecule has 0 radical (unpaired) electrons. The number of nitrogens with two attached hydrogens (primary N) is 1. The zero-order chi connectivity index (χ0) is 15.3. The lowest BCUT2D eigenvalue weighted by molar-refractivity contribution is 0.146. The summed E-state index contributed by atoms with van der Waals surface area (Å²) < 4.78 is 0. The Morgan fingerprint density at radius 2 is 1.85 bits per heavy atom. The van der Waals surface area contributed by atoms with Crippen molar-refractivity contribution in [2.75, 3.05) is 33.7 Å². The smallest absolute Gasteiger partial charge is 0.0593 e. The minimum absolute atomic E-state index is 0.147. The first-order chi connectivity index (χ1) is 9.32. The number of thiophene rings is 1. The van der Waals surface area contributed by atoms with Crippen LogP contribution >= 0.6 is 11.3 Å².